The summed E-state index contributed by atoms with van der Waals surface area (Å²) in [6, 6.07) is 0. The first kappa shape index (κ1) is 22.0. The molecule has 0 radical (unpaired) electrons. The number of hydrogen-bond acceptors (Lipinski definition) is 5. The standard InChI is InChI=1S/C20H36N2O5/c1-25-20(24)22-11-13-27-15-14-26-12-10-21-19(23)18(17-8-9-17)5-3-2-4-16-6-7-16/h16-18H,2-15H2,1H3,(H,21,23)(H,22,24). The molecular formula is C20H36N2O5. The molecule has 1 unspecified atom stereocenters. The second kappa shape index (κ2) is 12.9. The van der Waals surface area contributed by atoms with Crippen molar-refractivity contribution >= 4 is 12.0 Å². The second-order valence-electron chi connectivity index (χ2n) is 7.61. The fraction of sp³-hybridized carbons (Fsp3) is 0.900. The maximum atomic E-state index is 12.4. The van der Waals surface area contributed by atoms with Gasteiger partial charge in [0.1, 0.15) is 0 Å². The van der Waals surface area contributed by atoms with Crippen LogP contribution in [0.15, 0.2) is 0 Å². The predicted molar refractivity (Wildman–Crippen MR) is 102 cm³/mol. The lowest BCUT2D eigenvalue weighted by atomic mass is 9.95. The molecule has 156 valence electrons. The average Bonchev–Trinajstić information content (AvgIpc) is 3.56. The summed E-state index contributed by atoms with van der Waals surface area (Å²) in [7, 11) is 1.32. The van der Waals surface area contributed by atoms with Gasteiger partial charge in [0.05, 0.1) is 33.5 Å². The maximum Gasteiger partial charge on any atom is 0.406 e. The maximum absolute atomic E-state index is 12.4. The number of ether oxygens (including phenoxy) is 3. The van der Waals surface area contributed by atoms with Gasteiger partial charge in [-0.1, -0.05) is 32.1 Å². The molecule has 0 spiro atoms. The number of methoxy groups -OCH3 is 1. The molecule has 0 aromatic rings. The number of nitrogens with one attached hydrogen (secondary N) is 2. The van der Waals surface area contributed by atoms with Crippen LogP contribution in [-0.4, -0.2) is 58.6 Å². The molecule has 2 saturated carbocycles. The van der Waals surface area contributed by atoms with Crippen molar-refractivity contribution < 1.29 is 23.8 Å². The molecular weight excluding hydrogens is 348 g/mol. The summed E-state index contributed by atoms with van der Waals surface area (Å²) < 4.78 is 15.2. The highest BCUT2D eigenvalue weighted by Crippen LogP contribution is 2.40. The van der Waals surface area contributed by atoms with Gasteiger partial charge in [0.15, 0.2) is 0 Å². The van der Waals surface area contributed by atoms with E-state index in [4.69, 9.17) is 9.47 Å². The Labute approximate surface area is 162 Å². The molecule has 0 aromatic heterocycles. The van der Waals surface area contributed by atoms with Gasteiger partial charge in [0.25, 0.3) is 0 Å². The van der Waals surface area contributed by atoms with Crippen LogP contribution in [0.25, 0.3) is 0 Å². The van der Waals surface area contributed by atoms with Crippen molar-refractivity contribution in [1.29, 1.82) is 0 Å². The quantitative estimate of drug-likeness (QED) is 0.399. The van der Waals surface area contributed by atoms with Crippen molar-refractivity contribution in [3.05, 3.63) is 0 Å². The Hall–Kier alpha value is -1.34. The number of carbonyl (C=O) groups is 2. The Kier molecular flexibility index (Phi) is 10.5. The van der Waals surface area contributed by atoms with Crippen molar-refractivity contribution in [1.82, 2.24) is 10.6 Å². The van der Waals surface area contributed by atoms with E-state index < -0.39 is 6.09 Å². The second-order valence-corrected chi connectivity index (χ2v) is 7.61. The lowest BCUT2D eigenvalue weighted by Gasteiger charge is -2.16. The third-order valence-electron chi connectivity index (χ3n) is 5.22. The van der Waals surface area contributed by atoms with Crippen molar-refractivity contribution in [2.24, 2.45) is 17.8 Å². The molecule has 2 N–H and O–H groups in total. The van der Waals surface area contributed by atoms with Gasteiger partial charge < -0.3 is 24.8 Å². The van der Waals surface area contributed by atoms with E-state index in [1.165, 1.54) is 52.1 Å². The van der Waals surface area contributed by atoms with Crippen LogP contribution in [0.2, 0.25) is 0 Å². The third-order valence-corrected chi connectivity index (χ3v) is 5.22. The van der Waals surface area contributed by atoms with Gasteiger partial charge in [-0.05, 0) is 31.1 Å². The lowest BCUT2D eigenvalue weighted by molar-refractivity contribution is -0.126. The van der Waals surface area contributed by atoms with E-state index in [0.29, 0.717) is 45.4 Å². The van der Waals surface area contributed by atoms with E-state index in [2.05, 4.69) is 15.4 Å². The average molecular weight is 385 g/mol. The van der Waals surface area contributed by atoms with Gasteiger partial charge in [-0.3, -0.25) is 4.79 Å². The monoisotopic (exact) mass is 384 g/mol. The number of rotatable bonds is 16. The van der Waals surface area contributed by atoms with E-state index in [1.54, 1.807) is 0 Å². The molecule has 7 nitrogen and oxygen atoms in total. The highest BCUT2D eigenvalue weighted by atomic mass is 16.5. The molecule has 27 heavy (non-hydrogen) atoms. The molecule has 0 saturated heterocycles. The molecule has 2 amide bonds. The van der Waals surface area contributed by atoms with Crippen LogP contribution >= 0.6 is 0 Å². The summed E-state index contributed by atoms with van der Waals surface area (Å²) in [5, 5.41) is 5.56. The molecule has 0 bridgehead atoms. The number of alkyl carbamates (subject to hydrolysis) is 1. The fourth-order valence-electron chi connectivity index (χ4n) is 3.28. The van der Waals surface area contributed by atoms with E-state index in [9.17, 15) is 9.59 Å². The zero-order valence-corrected chi connectivity index (χ0v) is 16.7. The number of unbranched alkanes of at least 4 members (excludes halogenated alkanes) is 1. The molecule has 0 aromatic carbocycles. The Morgan fingerprint density at radius 2 is 1.59 bits per heavy atom. The van der Waals surface area contributed by atoms with E-state index in [-0.39, 0.29) is 11.8 Å². The van der Waals surface area contributed by atoms with Gasteiger partial charge >= 0.3 is 6.09 Å². The minimum absolute atomic E-state index is 0.204. The van der Waals surface area contributed by atoms with Crippen molar-refractivity contribution in [2.45, 2.75) is 51.4 Å². The zero-order valence-electron chi connectivity index (χ0n) is 16.7. The summed E-state index contributed by atoms with van der Waals surface area (Å²) in [5.74, 6) is 2.01. The van der Waals surface area contributed by atoms with Crippen LogP contribution in [0.1, 0.15) is 51.4 Å². The minimum Gasteiger partial charge on any atom is -0.453 e. The summed E-state index contributed by atoms with van der Waals surface area (Å²) in [6.45, 7) is 2.80. The molecule has 2 aliphatic rings. The Morgan fingerprint density at radius 1 is 0.926 bits per heavy atom. The number of amides is 2. The van der Waals surface area contributed by atoms with Crippen molar-refractivity contribution in [3.63, 3.8) is 0 Å². The first-order chi connectivity index (χ1) is 13.2. The van der Waals surface area contributed by atoms with Crippen LogP contribution in [0, 0.1) is 17.8 Å². The van der Waals surface area contributed by atoms with Gasteiger partial charge in [0, 0.05) is 19.0 Å². The van der Waals surface area contributed by atoms with Crippen LogP contribution in [0.5, 0.6) is 0 Å². The molecule has 0 heterocycles. The summed E-state index contributed by atoms with van der Waals surface area (Å²) >= 11 is 0. The van der Waals surface area contributed by atoms with E-state index >= 15 is 0 Å². The normalized spacial score (nSPS) is 17.4. The van der Waals surface area contributed by atoms with Gasteiger partial charge in [-0.25, -0.2) is 4.79 Å². The Bertz CT molecular complexity index is 438. The summed E-state index contributed by atoms with van der Waals surface area (Å²) in [4.78, 5) is 23.2. The number of carbonyl (C=O) groups excluding carboxylic acids is 2. The van der Waals surface area contributed by atoms with Crippen LogP contribution in [0.3, 0.4) is 0 Å². The highest BCUT2D eigenvalue weighted by molar-refractivity contribution is 5.79. The van der Waals surface area contributed by atoms with Gasteiger partial charge in [0.2, 0.25) is 5.91 Å². The summed E-state index contributed by atoms with van der Waals surface area (Å²) in [5.41, 5.74) is 0. The first-order valence-electron chi connectivity index (χ1n) is 10.5. The predicted octanol–water partition coefficient (Wildman–Crippen LogP) is 2.49. The molecule has 2 aliphatic carbocycles. The van der Waals surface area contributed by atoms with Gasteiger partial charge in [-0.15, -0.1) is 0 Å². The fourth-order valence-corrected chi connectivity index (χ4v) is 3.28. The molecule has 1 atom stereocenters. The van der Waals surface area contributed by atoms with Crippen LogP contribution < -0.4 is 10.6 Å². The summed E-state index contributed by atoms with van der Waals surface area (Å²) in [6.07, 6.45) is 9.65. The van der Waals surface area contributed by atoms with Crippen molar-refractivity contribution in [2.75, 3.05) is 46.6 Å². The highest BCUT2D eigenvalue weighted by Gasteiger charge is 2.35. The van der Waals surface area contributed by atoms with E-state index in [0.717, 1.165) is 12.3 Å². The Morgan fingerprint density at radius 3 is 2.19 bits per heavy atom. The minimum atomic E-state index is -0.460. The number of hydrogen-bond donors (Lipinski definition) is 2. The van der Waals surface area contributed by atoms with Crippen molar-refractivity contribution in [3.8, 4) is 0 Å². The topological polar surface area (TPSA) is 85.9 Å². The molecule has 7 heteroatoms. The SMILES string of the molecule is COC(=O)NCCOCCOCCNC(=O)C(CCCCC1CC1)C1CC1. The first-order valence-corrected chi connectivity index (χ1v) is 10.5. The van der Waals surface area contributed by atoms with Crippen LogP contribution in [-0.2, 0) is 19.0 Å². The molecule has 2 rings (SSSR count). The molecule has 2 fully saturated rings. The largest absolute Gasteiger partial charge is 0.453 e. The van der Waals surface area contributed by atoms with Gasteiger partial charge in [-0.2, -0.15) is 0 Å². The van der Waals surface area contributed by atoms with E-state index in [1.807, 2.05) is 0 Å². The smallest absolute Gasteiger partial charge is 0.406 e. The zero-order chi connectivity index (χ0) is 19.3. The molecule has 0 aliphatic heterocycles. The third kappa shape index (κ3) is 10.5. The Balaban J connectivity index is 1.40. The van der Waals surface area contributed by atoms with Crippen LogP contribution in [0.4, 0.5) is 4.79 Å². The lowest BCUT2D eigenvalue weighted by Crippen LogP contribution is -2.34.